The Morgan fingerprint density at radius 1 is 1.10 bits per heavy atom. The summed E-state index contributed by atoms with van der Waals surface area (Å²) in [6.45, 7) is 4.08. The Bertz CT molecular complexity index is 850. The maximum atomic E-state index is 12.0. The van der Waals surface area contributed by atoms with E-state index in [1.54, 1.807) is 11.8 Å². The van der Waals surface area contributed by atoms with Crippen LogP contribution in [0.25, 0.3) is 0 Å². The van der Waals surface area contributed by atoms with Gasteiger partial charge in [-0.15, -0.1) is 0 Å². The van der Waals surface area contributed by atoms with Crippen LogP contribution in [0, 0.1) is 0 Å². The number of aliphatic hydroxyl groups is 1. The average molecular weight is 425 g/mol. The van der Waals surface area contributed by atoms with E-state index in [0.29, 0.717) is 12.5 Å². The number of ether oxygens (including phenoxy) is 1. The number of rotatable bonds is 8. The summed E-state index contributed by atoms with van der Waals surface area (Å²) in [6, 6.07) is 19.8. The zero-order valence-corrected chi connectivity index (χ0v) is 18.1. The van der Waals surface area contributed by atoms with Gasteiger partial charge in [-0.1, -0.05) is 48.5 Å². The molecule has 0 radical (unpaired) electrons. The number of para-hydroxylation sites is 1. The minimum Gasteiger partial charge on any atom is -0.491 e. The highest BCUT2D eigenvalue weighted by atomic mass is 16.5. The van der Waals surface area contributed by atoms with Crippen molar-refractivity contribution >= 4 is 6.09 Å². The standard InChI is InChI=1S/C25H32N2O4/c1-25(30,18-31-21-10-6-3-7-11-21)17-26-14-12-20(13-15-26)27(24(28)29)23-16-22(23)19-8-4-2-5-9-19/h2-11,20,22-23,30H,12-18H2,1H3,(H,28,29). The third-order valence-electron chi connectivity index (χ3n) is 6.37. The van der Waals surface area contributed by atoms with Gasteiger partial charge in [-0.25, -0.2) is 4.79 Å². The molecule has 1 aliphatic carbocycles. The molecule has 6 heteroatoms. The maximum absolute atomic E-state index is 12.0. The van der Waals surface area contributed by atoms with Crippen LogP contribution in [0.5, 0.6) is 5.75 Å². The summed E-state index contributed by atoms with van der Waals surface area (Å²) in [4.78, 5) is 16.0. The lowest BCUT2D eigenvalue weighted by atomic mass is 10.00. The molecule has 31 heavy (non-hydrogen) atoms. The minimum absolute atomic E-state index is 0.0398. The molecule has 2 aromatic carbocycles. The zero-order chi connectivity index (χ0) is 21.8. The summed E-state index contributed by atoms with van der Waals surface area (Å²) in [5.41, 5.74) is 0.259. The zero-order valence-electron chi connectivity index (χ0n) is 18.1. The molecule has 166 valence electrons. The molecule has 1 amide bonds. The van der Waals surface area contributed by atoms with Crippen molar-refractivity contribution in [1.29, 1.82) is 0 Å². The van der Waals surface area contributed by atoms with Crippen LogP contribution in [0.2, 0.25) is 0 Å². The molecule has 6 nitrogen and oxygen atoms in total. The number of carbonyl (C=O) groups is 1. The predicted octanol–water partition coefficient (Wildman–Crippen LogP) is 3.82. The van der Waals surface area contributed by atoms with Gasteiger partial charge in [0, 0.05) is 37.6 Å². The number of β-amino-alcohol motifs (C(OH)–C–C–N with tert-alkyl or cyclic N) is 1. The van der Waals surface area contributed by atoms with E-state index in [2.05, 4.69) is 17.0 Å². The number of benzene rings is 2. The molecule has 0 aromatic heterocycles. The van der Waals surface area contributed by atoms with E-state index in [1.807, 2.05) is 48.5 Å². The molecule has 0 bridgehead atoms. The highest BCUT2D eigenvalue weighted by Crippen LogP contribution is 2.46. The van der Waals surface area contributed by atoms with Crippen LogP contribution >= 0.6 is 0 Å². The van der Waals surface area contributed by atoms with Crippen LogP contribution in [0.1, 0.15) is 37.7 Å². The smallest absolute Gasteiger partial charge is 0.407 e. The topological polar surface area (TPSA) is 73.2 Å². The Labute approximate surface area is 184 Å². The van der Waals surface area contributed by atoms with Gasteiger partial charge in [0.15, 0.2) is 0 Å². The van der Waals surface area contributed by atoms with Crippen molar-refractivity contribution in [2.75, 3.05) is 26.2 Å². The normalized spacial score (nSPS) is 23.7. The Morgan fingerprint density at radius 2 is 1.71 bits per heavy atom. The van der Waals surface area contributed by atoms with E-state index in [1.165, 1.54) is 5.56 Å². The molecule has 2 fully saturated rings. The number of piperidine rings is 1. The van der Waals surface area contributed by atoms with E-state index < -0.39 is 11.7 Å². The SMILES string of the molecule is CC(O)(COc1ccccc1)CN1CCC(N(C(=O)O)C2CC2c2ccccc2)CC1. The van der Waals surface area contributed by atoms with Crippen molar-refractivity contribution in [2.24, 2.45) is 0 Å². The molecule has 2 aromatic rings. The van der Waals surface area contributed by atoms with Crippen molar-refractivity contribution < 1.29 is 19.7 Å². The van der Waals surface area contributed by atoms with Crippen LogP contribution in [-0.4, -0.2) is 70.0 Å². The summed E-state index contributed by atoms with van der Waals surface area (Å²) in [6.07, 6.45) is 1.67. The average Bonchev–Trinajstić information content (AvgIpc) is 3.55. The van der Waals surface area contributed by atoms with Crippen molar-refractivity contribution in [3.05, 3.63) is 66.2 Å². The number of nitrogens with zero attached hydrogens (tertiary/aromatic N) is 2. The highest BCUT2D eigenvalue weighted by molar-refractivity contribution is 5.67. The molecule has 4 rings (SSSR count). The minimum atomic E-state index is -0.968. The van der Waals surface area contributed by atoms with Gasteiger partial charge in [0.1, 0.15) is 18.0 Å². The first-order valence-corrected chi connectivity index (χ1v) is 11.1. The fourth-order valence-electron chi connectivity index (χ4n) is 4.75. The summed E-state index contributed by atoms with van der Waals surface area (Å²) in [5, 5.41) is 20.7. The molecule has 3 atom stereocenters. The second-order valence-corrected chi connectivity index (χ2v) is 9.12. The summed E-state index contributed by atoms with van der Waals surface area (Å²) < 4.78 is 5.73. The van der Waals surface area contributed by atoms with Crippen LogP contribution in [0.15, 0.2) is 60.7 Å². The number of amides is 1. The molecular formula is C25H32N2O4. The lowest BCUT2D eigenvalue weighted by Crippen LogP contribution is -2.52. The largest absolute Gasteiger partial charge is 0.491 e. The van der Waals surface area contributed by atoms with Crippen molar-refractivity contribution in [1.82, 2.24) is 9.80 Å². The summed E-state index contributed by atoms with van der Waals surface area (Å²) in [5.74, 6) is 1.06. The first-order valence-electron chi connectivity index (χ1n) is 11.1. The van der Waals surface area contributed by atoms with Gasteiger partial charge in [0.25, 0.3) is 0 Å². The maximum Gasteiger partial charge on any atom is 0.407 e. The van der Waals surface area contributed by atoms with E-state index in [0.717, 1.165) is 38.1 Å². The summed E-state index contributed by atoms with van der Waals surface area (Å²) >= 11 is 0. The highest BCUT2D eigenvalue weighted by Gasteiger charge is 2.47. The molecule has 1 saturated carbocycles. The van der Waals surface area contributed by atoms with Gasteiger partial charge in [0.05, 0.1) is 0 Å². The Hall–Kier alpha value is -2.57. The van der Waals surface area contributed by atoms with Gasteiger partial charge < -0.3 is 24.7 Å². The molecule has 3 unspecified atom stereocenters. The van der Waals surface area contributed by atoms with E-state index >= 15 is 0 Å². The first kappa shape index (κ1) is 21.7. The molecule has 1 aliphatic heterocycles. The predicted molar refractivity (Wildman–Crippen MR) is 119 cm³/mol. The van der Waals surface area contributed by atoms with Crippen LogP contribution < -0.4 is 4.74 Å². The van der Waals surface area contributed by atoms with Crippen molar-refractivity contribution in [3.63, 3.8) is 0 Å². The number of likely N-dealkylation sites (tertiary alicyclic amines) is 1. The Morgan fingerprint density at radius 3 is 2.32 bits per heavy atom. The van der Waals surface area contributed by atoms with Crippen molar-refractivity contribution in [3.8, 4) is 5.75 Å². The lowest BCUT2D eigenvalue weighted by Gasteiger charge is -2.40. The van der Waals surface area contributed by atoms with Gasteiger partial charge in [0.2, 0.25) is 0 Å². The van der Waals surface area contributed by atoms with E-state index in [-0.39, 0.29) is 18.7 Å². The van der Waals surface area contributed by atoms with E-state index in [9.17, 15) is 15.0 Å². The third kappa shape index (κ3) is 5.57. The first-order chi connectivity index (χ1) is 14.9. The number of hydrogen-bond acceptors (Lipinski definition) is 4. The van der Waals surface area contributed by atoms with Crippen LogP contribution in [0.3, 0.4) is 0 Å². The number of carboxylic acid groups (broad SMARTS) is 1. The second kappa shape index (κ2) is 9.28. The van der Waals surface area contributed by atoms with Crippen LogP contribution in [-0.2, 0) is 0 Å². The Kier molecular flexibility index (Phi) is 6.49. The fourth-order valence-corrected chi connectivity index (χ4v) is 4.75. The Balaban J connectivity index is 1.27. The summed E-state index contributed by atoms with van der Waals surface area (Å²) in [7, 11) is 0. The third-order valence-corrected chi connectivity index (χ3v) is 6.37. The van der Waals surface area contributed by atoms with E-state index in [4.69, 9.17) is 4.74 Å². The second-order valence-electron chi connectivity index (χ2n) is 9.12. The molecule has 0 spiro atoms. The van der Waals surface area contributed by atoms with Gasteiger partial charge in [-0.3, -0.25) is 0 Å². The van der Waals surface area contributed by atoms with Gasteiger partial charge >= 0.3 is 6.09 Å². The van der Waals surface area contributed by atoms with Gasteiger partial charge in [-0.05, 0) is 43.9 Å². The lowest BCUT2D eigenvalue weighted by molar-refractivity contribution is -0.0265. The molecule has 2 aliphatic rings. The monoisotopic (exact) mass is 424 g/mol. The molecule has 1 saturated heterocycles. The van der Waals surface area contributed by atoms with Crippen LogP contribution in [0.4, 0.5) is 4.79 Å². The molecular weight excluding hydrogens is 392 g/mol. The quantitative estimate of drug-likeness (QED) is 0.674. The molecule has 2 N–H and O–H groups in total. The van der Waals surface area contributed by atoms with Crippen molar-refractivity contribution in [2.45, 2.75) is 49.8 Å². The van der Waals surface area contributed by atoms with Gasteiger partial charge in [-0.2, -0.15) is 0 Å². The number of hydrogen-bond donors (Lipinski definition) is 2. The fraction of sp³-hybridized carbons (Fsp3) is 0.480. The molecule has 1 heterocycles.